The molecule has 0 saturated heterocycles. The van der Waals surface area contributed by atoms with Gasteiger partial charge in [-0.25, -0.2) is 0 Å². The number of hydrogen-bond acceptors (Lipinski definition) is 5. The molecule has 6 heteroatoms. The molecule has 5 nitrogen and oxygen atoms in total. The molecule has 20 heavy (non-hydrogen) atoms. The summed E-state index contributed by atoms with van der Waals surface area (Å²) in [5, 5.41) is 13.6. The average molecular weight is 342 g/mol. The molecule has 0 aliphatic rings. The van der Waals surface area contributed by atoms with Crippen LogP contribution in [-0.4, -0.2) is 17.4 Å². The Morgan fingerprint density at radius 1 is 1.35 bits per heavy atom. The Balaban J connectivity index is 2.07. The minimum absolute atomic E-state index is 0.267. The van der Waals surface area contributed by atoms with Crippen LogP contribution in [0.5, 0.6) is 5.75 Å². The number of rotatable bonds is 6. The summed E-state index contributed by atoms with van der Waals surface area (Å²) in [7, 11) is 1.59. The van der Waals surface area contributed by atoms with Crippen LogP contribution < -0.4 is 4.74 Å². The van der Waals surface area contributed by atoms with Crippen molar-refractivity contribution in [2.45, 2.75) is 26.2 Å². The van der Waals surface area contributed by atoms with Gasteiger partial charge in [-0.3, -0.25) is 0 Å². The van der Waals surface area contributed by atoms with E-state index in [0.29, 0.717) is 23.8 Å². The summed E-state index contributed by atoms with van der Waals surface area (Å²) in [4.78, 5) is 0. The molecule has 0 amide bonds. The van der Waals surface area contributed by atoms with Gasteiger partial charge >= 0.3 is 0 Å². The molecule has 1 N–H and O–H groups in total. The van der Waals surface area contributed by atoms with Crippen LogP contribution in [0, 0.1) is 0 Å². The molecule has 0 bridgehead atoms. The highest BCUT2D eigenvalue weighted by Gasteiger charge is 2.11. The molecule has 2 rings (SSSR count). The standard InChI is InChI=1S/C14H16BrNO4/c1-9(17)13-4-3-10(15)5-14(13)19-7-11-6-12(8-18-2)20-16-11/h3-6,9,17H,7-8H2,1-2H3/t9-/m0/s1. The van der Waals surface area contributed by atoms with E-state index in [1.54, 1.807) is 20.1 Å². The fourth-order valence-electron chi connectivity index (χ4n) is 1.76. The van der Waals surface area contributed by atoms with Gasteiger partial charge in [0.15, 0.2) is 5.76 Å². The van der Waals surface area contributed by atoms with Crippen LogP contribution in [0.3, 0.4) is 0 Å². The number of nitrogens with zero attached hydrogens (tertiary/aromatic N) is 1. The molecule has 108 valence electrons. The van der Waals surface area contributed by atoms with E-state index < -0.39 is 6.10 Å². The molecule has 1 aromatic carbocycles. The third-order valence-corrected chi connectivity index (χ3v) is 3.19. The van der Waals surface area contributed by atoms with Crippen molar-refractivity contribution in [3.63, 3.8) is 0 Å². The fraction of sp³-hybridized carbons (Fsp3) is 0.357. The molecule has 2 aromatic rings. The second-order valence-electron chi connectivity index (χ2n) is 4.36. The summed E-state index contributed by atoms with van der Waals surface area (Å²) in [5.41, 5.74) is 1.40. The maximum Gasteiger partial charge on any atom is 0.162 e. The number of ether oxygens (including phenoxy) is 2. The lowest BCUT2D eigenvalue weighted by Gasteiger charge is -2.13. The molecule has 0 aliphatic heterocycles. The van der Waals surface area contributed by atoms with Gasteiger partial charge in [0.2, 0.25) is 0 Å². The van der Waals surface area contributed by atoms with Crippen molar-refractivity contribution in [1.82, 2.24) is 5.16 Å². The van der Waals surface area contributed by atoms with Gasteiger partial charge in [-0.2, -0.15) is 0 Å². The first-order chi connectivity index (χ1) is 9.60. The topological polar surface area (TPSA) is 64.7 Å². The van der Waals surface area contributed by atoms with E-state index in [0.717, 1.165) is 10.0 Å². The van der Waals surface area contributed by atoms with Crippen molar-refractivity contribution < 1.29 is 19.1 Å². The van der Waals surface area contributed by atoms with Crippen molar-refractivity contribution >= 4 is 15.9 Å². The van der Waals surface area contributed by atoms with E-state index >= 15 is 0 Å². The van der Waals surface area contributed by atoms with Crippen LogP contribution in [0.25, 0.3) is 0 Å². The smallest absolute Gasteiger partial charge is 0.162 e. The Bertz CT molecular complexity index is 568. The molecular weight excluding hydrogens is 326 g/mol. The Morgan fingerprint density at radius 2 is 2.15 bits per heavy atom. The molecule has 0 radical (unpaired) electrons. The van der Waals surface area contributed by atoms with E-state index in [1.807, 2.05) is 18.2 Å². The number of methoxy groups -OCH3 is 1. The van der Waals surface area contributed by atoms with Gasteiger partial charge in [0.1, 0.15) is 24.7 Å². The summed E-state index contributed by atoms with van der Waals surface area (Å²) >= 11 is 3.38. The summed E-state index contributed by atoms with van der Waals surface area (Å²) in [6, 6.07) is 7.28. The Labute approximate surface area is 125 Å². The van der Waals surface area contributed by atoms with E-state index in [2.05, 4.69) is 21.1 Å². The van der Waals surface area contributed by atoms with E-state index in [4.69, 9.17) is 14.0 Å². The highest BCUT2D eigenvalue weighted by Crippen LogP contribution is 2.29. The largest absolute Gasteiger partial charge is 0.487 e. The summed E-state index contributed by atoms with van der Waals surface area (Å²) < 4.78 is 16.6. The van der Waals surface area contributed by atoms with E-state index in [-0.39, 0.29) is 6.61 Å². The van der Waals surface area contributed by atoms with Gasteiger partial charge in [-0.15, -0.1) is 0 Å². The van der Waals surface area contributed by atoms with Crippen molar-refractivity contribution in [3.8, 4) is 5.75 Å². The predicted molar refractivity (Wildman–Crippen MR) is 76.3 cm³/mol. The van der Waals surface area contributed by atoms with Gasteiger partial charge in [0.25, 0.3) is 0 Å². The number of aliphatic hydroxyl groups excluding tert-OH is 1. The molecule has 0 unspecified atom stereocenters. The van der Waals surface area contributed by atoms with Crippen LogP contribution in [0.2, 0.25) is 0 Å². The van der Waals surface area contributed by atoms with Crippen LogP contribution >= 0.6 is 15.9 Å². The maximum atomic E-state index is 9.72. The lowest BCUT2D eigenvalue weighted by Crippen LogP contribution is -2.01. The van der Waals surface area contributed by atoms with Gasteiger partial charge in [0, 0.05) is 23.2 Å². The van der Waals surface area contributed by atoms with Crippen molar-refractivity contribution in [2.24, 2.45) is 0 Å². The van der Waals surface area contributed by atoms with E-state index in [1.165, 1.54) is 0 Å². The molecule has 0 aliphatic carbocycles. The molecule has 0 spiro atoms. The summed E-state index contributed by atoms with van der Waals surface area (Å²) in [6.45, 7) is 2.34. The molecule has 1 atom stereocenters. The Morgan fingerprint density at radius 3 is 2.85 bits per heavy atom. The molecule has 0 saturated carbocycles. The molecular formula is C14H16BrNO4. The number of aromatic nitrogens is 1. The van der Waals surface area contributed by atoms with Gasteiger partial charge in [-0.1, -0.05) is 27.2 Å². The normalized spacial score (nSPS) is 12.4. The third-order valence-electron chi connectivity index (χ3n) is 2.70. The lowest BCUT2D eigenvalue weighted by molar-refractivity contribution is 0.155. The van der Waals surface area contributed by atoms with Gasteiger partial charge in [0.05, 0.1) is 6.10 Å². The van der Waals surface area contributed by atoms with Crippen molar-refractivity contribution in [1.29, 1.82) is 0 Å². The number of aliphatic hydroxyl groups is 1. The monoisotopic (exact) mass is 341 g/mol. The summed E-state index contributed by atoms with van der Waals surface area (Å²) in [5.74, 6) is 1.27. The average Bonchev–Trinajstić information content (AvgIpc) is 2.84. The van der Waals surface area contributed by atoms with Gasteiger partial charge in [-0.05, 0) is 19.1 Å². The first-order valence-electron chi connectivity index (χ1n) is 6.14. The Hall–Kier alpha value is -1.37. The fourth-order valence-corrected chi connectivity index (χ4v) is 2.10. The first-order valence-corrected chi connectivity index (χ1v) is 6.93. The predicted octanol–water partition coefficient (Wildman–Crippen LogP) is 3.22. The number of halogens is 1. The second kappa shape index (κ2) is 6.88. The number of hydrogen-bond donors (Lipinski definition) is 1. The second-order valence-corrected chi connectivity index (χ2v) is 5.28. The third kappa shape index (κ3) is 3.82. The zero-order valence-electron chi connectivity index (χ0n) is 11.3. The Kier molecular flexibility index (Phi) is 5.17. The minimum Gasteiger partial charge on any atom is -0.487 e. The molecule has 1 aromatic heterocycles. The highest BCUT2D eigenvalue weighted by molar-refractivity contribution is 9.10. The van der Waals surface area contributed by atoms with Gasteiger partial charge < -0.3 is 19.1 Å². The van der Waals surface area contributed by atoms with E-state index in [9.17, 15) is 5.11 Å². The summed E-state index contributed by atoms with van der Waals surface area (Å²) in [6.07, 6.45) is -0.598. The SMILES string of the molecule is COCc1cc(COc2cc(Br)ccc2[C@H](C)O)no1. The first kappa shape index (κ1) is 15.0. The van der Waals surface area contributed by atoms with Crippen molar-refractivity contribution in [2.75, 3.05) is 7.11 Å². The minimum atomic E-state index is -0.598. The highest BCUT2D eigenvalue weighted by atomic mass is 79.9. The zero-order chi connectivity index (χ0) is 14.5. The van der Waals surface area contributed by atoms with Crippen LogP contribution in [-0.2, 0) is 18.0 Å². The lowest BCUT2D eigenvalue weighted by atomic mass is 10.1. The van der Waals surface area contributed by atoms with Crippen LogP contribution in [0.15, 0.2) is 33.3 Å². The maximum absolute atomic E-state index is 9.72. The number of benzene rings is 1. The zero-order valence-corrected chi connectivity index (χ0v) is 12.9. The van der Waals surface area contributed by atoms with Crippen LogP contribution in [0.4, 0.5) is 0 Å². The van der Waals surface area contributed by atoms with Crippen molar-refractivity contribution in [3.05, 3.63) is 45.8 Å². The quantitative estimate of drug-likeness (QED) is 0.873. The van der Waals surface area contributed by atoms with Crippen LogP contribution in [0.1, 0.15) is 30.0 Å². The molecule has 0 fully saturated rings. The molecule has 1 heterocycles.